The molecule has 1 aliphatic rings. The van der Waals surface area contributed by atoms with Gasteiger partial charge in [-0.2, -0.15) is 0 Å². The number of hydrogen-bond donors (Lipinski definition) is 2. The lowest BCUT2D eigenvalue weighted by atomic mass is 10.3. The van der Waals surface area contributed by atoms with Crippen LogP contribution in [0.3, 0.4) is 0 Å². The molecule has 2 heterocycles. The zero-order chi connectivity index (χ0) is 12.8. The summed E-state index contributed by atoms with van der Waals surface area (Å²) in [5.41, 5.74) is 0. The van der Waals surface area contributed by atoms with Gasteiger partial charge < -0.3 is 20.1 Å². The highest BCUT2D eigenvalue weighted by Crippen LogP contribution is 2.07. The van der Waals surface area contributed by atoms with Gasteiger partial charge in [0, 0.05) is 32.1 Å². The van der Waals surface area contributed by atoms with Crippen LogP contribution in [0.4, 0.5) is 10.7 Å². The van der Waals surface area contributed by atoms with Gasteiger partial charge in [-0.3, -0.25) is 0 Å². The van der Waals surface area contributed by atoms with E-state index in [-0.39, 0.29) is 6.10 Å². The van der Waals surface area contributed by atoms with E-state index in [0.29, 0.717) is 32.2 Å². The summed E-state index contributed by atoms with van der Waals surface area (Å²) in [6, 6.07) is 1.74. The number of rotatable bonds is 3. The molecule has 2 rings (SSSR count). The second kappa shape index (κ2) is 6.15. The zero-order valence-corrected chi connectivity index (χ0v) is 9.95. The molecular formula is C11H16N4O3. The molecule has 0 radical (unpaired) electrons. The highest BCUT2D eigenvalue weighted by molar-refractivity contribution is 5.65. The Balaban J connectivity index is 1.86. The molecule has 0 aliphatic carbocycles. The van der Waals surface area contributed by atoms with E-state index in [9.17, 15) is 4.79 Å². The third kappa shape index (κ3) is 3.56. The van der Waals surface area contributed by atoms with Crippen molar-refractivity contribution in [3.63, 3.8) is 0 Å². The quantitative estimate of drug-likeness (QED) is 0.821. The molecule has 1 aromatic rings. The van der Waals surface area contributed by atoms with E-state index in [4.69, 9.17) is 9.84 Å². The fourth-order valence-electron chi connectivity index (χ4n) is 1.79. The molecule has 1 saturated heterocycles. The second-order valence-electron chi connectivity index (χ2n) is 4.03. The van der Waals surface area contributed by atoms with Crippen LogP contribution in [0.15, 0.2) is 18.5 Å². The molecule has 1 atom stereocenters. The van der Waals surface area contributed by atoms with Gasteiger partial charge in [0.1, 0.15) is 0 Å². The molecule has 1 fully saturated rings. The molecule has 1 aromatic heterocycles. The average molecular weight is 252 g/mol. The Hall–Kier alpha value is -1.89. The summed E-state index contributed by atoms with van der Waals surface area (Å²) >= 11 is 0. The van der Waals surface area contributed by atoms with E-state index < -0.39 is 6.09 Å². The van der Waals surface area contributed by atoms with Crippen LogP contribution in [0, 0.1) is 0 Å². The van der Waals surface area contributed by atoms with E-state index >= 15 is 0 Å². The van der Waals surface area contributed by atoms with Crippen molar-refractivity contribution < 1.29 is 14.6 Å². The summed E-state index contributed by atoms with van der Waals surface area (Å²) in [5, 5.41) is 12.0. The van der Waals surface area contributed by atoms with Gasteiger partial charge in [-0.15, -0.1) is 0 Å². The van der Waals surface area contributed by atoms with E-state index in [0.717, 1.165) is 6.42 Å². The highest BCUT2D eigenvalue weighted by atomic mass is 16.5. The van der Waals surface area contributed by atoms with Gasteiger partial charge in [-0.25, -0.2) is 14.8 Å². The molecule has 1 unspecified atom stereocenters. The molecule has 2 N–H and O–H groups in total. The molecule has 98 valence electrons. The van der Waals surface area contributed by atoms with E-state index in [1.54, 1.807) is 18.5 Å². The lowest BCUT2D eigenvalue weighted by Gasteiger charge is -2.21. The molecule has 1 aliphatic heterocycles. The monoisotopic (exact) mass is 252 g/mol. The standard InChI is InChI=1S/C11H16N4O3/c16-11(17)15-5-2-6-18-9(8-15)7-14-10-12-3-1-4-13-10/h1,3-4,9H,2,5-8H2,(H,16,17)(H,12,13,14). The average Bonchev–Trinajstić information content (AvgIpc) is 2.63. The lowest BCUT2D eigenvalue weighted by Crippen LogP contribution is -2.38. The van der Waals surface area contributed by atoms with Gasteiger partial charge in [-0.05, 0) is 12.5 Å². The molecule has 7 heteroatoms. The number of amides is 1. The second-order valence-corrected chi connectivity index (χ2v) is 4.03. The minimum atomic E-state index is -0.901. The highest BCUT2D eigenvalue weighted by Gasteiger charge is 2.21. The van der Waals surface area contributed by atoms with Crippen molar-refractivity contribution in [3.05, 3.63) is 18.5 Å². The molecule has 1 amide bonds. The van der Waals surface area contributed by atoms with E-state index in [1.807, 2.05) is 0 Å². The maximum atomic E-state index is 11.0. The number of ether oxygens (including phenoxy) is 1. The summed E-state index contributed by atoms with van der Waals surface area (Å²) in [6.07, 6.45) is 2.94. The number of nitrogens with one attached hydrogen (secondary N) is 1. The number of carbonyl (C=O) groups is 1. The number of aromatic nitrogens is 2. The minimum absolute atomic E-state index is 0.174. The number of hydrogen-bond acceptors (Lipinski definition) is 5. The first-order valence-corrected chi connectivity index (χ1v) is 5.86. The van der Waals surface area contributed by atoms with Gasteiger partial charge in [0.25, 0.3) is 0 Å². The van der Waals surface area contributed by atoms with Crippen LogP contribution in [0.1, 0.15) is 6.42 Å². The van der Waals surface area contributed by atoms with Crippen molar-refractivity contribution in [2.45, 2.75) is 12.5 Å². The Labute approximate surface area is 105 Å². The normalized spacial score (nSPS) is 20.2. The fraction of sp³-hybridized carbons (Fsp3) is 0.545. The van der Waals surface area contributed by atoms with Gasteiger partial charge in [0.05, 0.1) is 12.6 Å². The topological polar surface area (TPSA) is 87.6 Å². The summed E-state index contributed by atoms with van der Waals surface area (Å²) in [5.74, 6) is 0.521. The molecule has 0 saturated carbocycles. The van der Waals surface area contributed by atoms with Crippen LogP contribution in [-0.2, 0) is 4.74 Å². The molecule has 0 bridgehead atoms. The van der Waals surface area contributed by atoms with Crippen LogP contribution < -0.4 is 5.32 Å². The number of carboxylic acid groups (broad SMARTS) is 1. The Morgan fingerprint density at radius 2 is 2.33 bits per heavy atom. The fourth-order valence-corrected chi connectivity index (χ4v) is 1.79. The maximum absolute atomic E-state index is 11.0. The molecule has 7 nitrogen and oxygen atoms in total. The first-order chi connectivity index (χ1) is 8.75. The van der Waals surface area contributed by atoms with Crippen molar-refractivity contribution in [1.82, 2.24) is 14.9 Å². The third-order valence-corrected chi connectivity index (χ3v) is 2.67. The van der Waals surface area contributed by atoms with Crippen LogP contribution >= 0.6 is 0 Å². The van der Waals surface area contributed by atoms with Crippen molar-refractivity contribution in [2.75, 3.05) is 31.6 Å². The van der Waals surface area contributed by atoms with Crippen LogP contribution in [0.25, 0.3) is 0 Å². The SMILES string of the molecule is O=C(O)N1CCCOC(CNc2ncccn2)C1. The third-order valence-electron chi connectivity index (χ3n) is 2.67. The van der Waals surface area contributed by atoms with Gasteiger partial charge >= 0.3 is 6.09 Å². The smallest absolute Gasteiger partial charge is 0.407 e. The van der Waals surface area contributed by atoms with Crippen molar-refractivity contribution in [2.24, 2.45) is 0 Å². The molecule has 18 heavy (non-hydrogen) atoms. The van der Waals surface area contributed by atoms with Gasteiger partial charge in [0.15, 0.2) is 0 Å². The predicted octanol–water partition coefficient (Wildman–Crippen LogP) is 0.657. The first-order valence-electron chi connectivity index (χ1n) is 5.86. The summed E-state index contributed by atoms with van der Waals surface area (Å²) in [7, 11) is 0. The first kappa shape index (κ1) is 12.6. The van der Waals surface area contributed by atoms with Gasteiger partial charge in [0.2, 0.25) is 5.95 Å². The zero-order valence-electron chi connectivity index (χ0n) is 9.95. The van der Waals surface area contributed by atoms with E-state index in [1.165, 1.54) is 4.90 Å². The van der Waals surface area contributed by atoms with Crippen LogP contribution in [-0.4, -0.2) is 58.4 Å². The van der Waals surface area contributed by atoms with E-state index in [2.05, 4.69) is 15.3 Å². The summed E-state index contributed by atoms with van der Waals surface area (Å²) < 4.78 is 5.58. The summed E-state index contributed by atoms with van der Waals surface area (Å²) in [4.78, 5) is 20.4. The molecule has 0 aromatic carbocycles. The summed E-state index contributed by atoms with van der Waals surface area (Å²) in [6.45, 7) is 1.96. The van der Waals surface area contributed by atoms with Gasteiger partial charge in [-0.1, -0.05) is 0 Å². The molecular weight excluding hydrogens is 236 g/mol. The Morgan fingerprint density at radius 1 is 1.56 bits per heavy atom. The molecule has 0 spiro atoms. The number of anilines is 1. The Kier molecular flexibility index (Phi) is 4.30. The Bertz CT molecular complexity index is 387. The van der Waals surface area contributed by atoms with Crippen LogP contribution in [0.2, 0.25) is 0 Å². The maximum Gasteiger partial charge on any atom is 0.407 e. The number of nitrogens with zero attached hydrogens (tertiary/aromatic N) is 3. The van der Waals surface area contributed by atoms with Crippen molar-refractivity contribution in [3.8, 4) is 0 Å². The van der Waals surface area contributed by atoms with Crippen LogP contribution in [0.5, 0.6) is 0 Å². The lowest BCUT2D eigenvalue weighted by molar-refractivity contribution is 0.0623. The minimum Gasteiger partial charge on any atom is -0.465 e. The Morgan fingerprint density at radius 3 is 3.06 bits per heavy atom. The van der Waals surface area contributed by atoms with Crippen molar-refractivity contribution >= 4 is 12.0 Å². The largest absolute Gasteiger partial charge is 0.465 e. The van der Waals surface area contributed by atoms with Crippen molar-refractivity contribution in [1.29, 1.82) is 0 Å². The predicted molar refractivity (Wildman–Crippen MR) is 64.5 cm³/mol.